The molecule has 0 saturated carbocycles. The number of hydrogen-bond acceptors (Lipinski definition) is 4. The molecule has 0 amide bonds. The number of fused-ring (bicyclic) bond motifs is 5. The van der Waals surface area contributed by atoms with Crippen molar-refractivity contribution >= 4 is 11.3 Å². The Morgan fingerprint density at radius 2 is 1.61 bits per heavy atom. The van der Waals surface area contributed by atoms with E-state index >= 15 is 0 Å². The lowest BCUT2D eigenvalue weighted by atomic mass is 9.82. The van der Waals surface area contributed by atoms with Gasteiger partial charge in [-0.15, -0.1) is 0 Å². The van der Waals surface area contributed by atoms with Crippen molar-refractivity contribution in [2.24, 2.45) is 11.7 Å². The van der Waals surface area contributed by atoms with Crippen molar-refractivity contribution in [3.05, 3.63) is 221 Å². The molecule has 0 saturated heterocycles. The van der Waals surface area contributed by atoms with Crippen molar-refractivity contribution in [2.75, 3.05) is 4.90 Å². The normalized spacial score (nSPS) is 23.5. The highest BCUT2D eigenvalue weighted by Gasteiger charge is 2.40. The highest BCUT2D eigenvalue weighted by Crippen LogP contribution is 2.49. The van der Waals surface area contributed by atoms with Gasteiger partial charge in [0.1, 0.15) is 11.9 Å². The molecule has 4 aliphatic carbocycles. The molecule has 4 nitrogen and oxygen atoms in total. The average molecular weight is 730 g/mol. The van der Waals surface area contributed by atoms with Gasteiger partial charge < -0.3 is 20.7 Å². The van der Waals surface area contributed by atoms with E-state index in [4.69, 9.17) is 10.5 Å². The molecular formula is C52H47N3O. The number of hydrogen-bond donors (Lipinski definition) is 2. The first-order valence-electron chi connectivity index (χ1n) is 20.2. The Balaban J connectivity index is 0.917. The summed E-state index contributed by atoms with van der Waals surface area (Å²) in [6, 6.07) is 35.0. The molecule has 4 heteroatoms. The molecule has 6 aliphatic rings. The van der Waals surface area contributed by atoms with Crippen LogP contribution in [0.2, 0.25) is 0 Å². The molecule has 0 spiro atoms. The third kappa shape index (κ3) is 6.34. The van der Waals surface area contributed by atoms with E-state index in [1.807, 2.05) is 6.07 Å². The predicted octanol–water partition coefficient (Wildman–Crippen LogP) is 11.3. The molecule has 4 aromatic carbocycles. The second-order valence-corrected chi connectivity index (χ2v) is 15.6. The van der Waals surface area contributed by atoms with Gasteiger partial charge in [-0.1, -0.05) is 146 Å². The van der Waals surface area contributed by atoms with E-state index < -0.39 is 0 Å². The topological polar surface area (TPSA) is 50.5 Å². The lowest BCUT2D eigenvalue weighted by Crippen LogP contribution is -2.32. The van der Waals surface area contributed by atoms with E-state index in [0.717, 1.165) is 48.3 Å². The highest BCUT2D eigenvalue weighted by molar-refractivity contribution is 5.81. The molecule has 2 heterocycles. The van der Waals surface area contributed by atoms with E-state index in [0.29, 0.717) is 12.5 Å². The Bertz CT molecular complexity index is 2440. The molecule has 0 aromatic heterocycles. The Hall–Kier alpha value is -6.10. The van der Waals surface area contributed by atoms with Gasteiger partial charge in [-0.05, 0) is 95.0 Å². The molecule has 10 rings (SSSR count). The van der Waals surface area contributed by atoms with E-state index in [1.165, 1.54) is 50.4 Å². The number of rotatable bonds is 9. The van der Waals surface area contributed by atoms with Crippen LogP contribution in [0.4, 0.5) is 5.69 Å². The van der Waals surface area contributed by atoms with Crippen LogP contribution in [0.1, 0.15) is 59.9 Å². The van der Waals surface area contributed by atoms with Crippen LogP contribution in [0.5, 0.6) is 5.75 Å². The van der Waals surface area contributed by atoms with Gasteiger partial charge in [0.25, 0.3) is 0 Å². The molecular weight excluding hydrogens is 683 g/mol. The summed E-state index contributed by atoms with van der Waals surface area (Å²) in [7, 11) is 0. The molecule has 5 unspecified atom stereocenters. The molecule has 0 bridgehead atoms. The zero-order chi connectivity index (χ0) is 37.4. The van der Waals surface area contributed by atoms with Gasteiger partial charge >= 0.3 is 0 Å². The van der Waals surface area contributed by atoms with E-state index in [1.54, 1.807) is 0 Å². The van der Waals surface area contributed by atoms with E-state index in [9.17, 15) is 0 Å². The van der Waals surface area contributed by atoms with Crippen LogP contribution in [0.25, 0.3) is 16.7 Å². The maximum Gasteiger partial charge on any atom is 0.132 e. The largest absolute Gasteiger partial charge is 0.484 e. The van der Waals surface area contributed by atoms with Crippen LogP contribution >= 0.6 is 0 Å². The number of nitrogens with zero attached hydrogens (tertiary/aromatic N) is 1. The second-order valence-electron chi connectivity index (χ2n) is 15.6. The van der Waals surface area contributed by atoms with Crippen LogP contribution < -0.4 is 20.7 Å². The maximum absolute atomic E-state index is 6.75. The van der Waals surface area contributed by atoms with Gasteiger partial charge in [0.15, 0.2) is 0 Å². The minimum absolute atomic E-state index is 0.0784. The molecule has 276 valence electrons. The van der Waals surface area contributed by atoms with Gasteiger partial charge in [-0.3, -0.25) is 0 Å². The standard InChI is InChI=1S/C52H47N3O/c53-47(36-14-3-1-4-15-36)33-48(37-16-5-2-6-17-37)54-34-39-18-7-8-19-41(39)38-28-31-50-46(32-38)43-20-9-11-24-49(43)55(50)40-29-26-35(27-30-40)42-22-13-23-45-44-21-10-12-25-51(44)56-52(42)45/h1-5,7-8,10-16,18-19,21-33,44,46-47,50-51,54H,6,9,17,20,34,53H2/b48-33-. The SMILES string of the molecule is NC(/C=C(\NCc1ccccc1C1=CC2C3=C(C=CCC3)N(c3ccc(-c4cccc5c4OC4C=CC=CC54)cc3)C2C=C1)C1=CC=CCC1)c1ccccc1. The number of para-hydroxylation sites is 1. The van der Waals surface area contributed by atoms with Crippen LogP contribution in [0.15, 0.2) is 199 Å². The van der Waals surface area contributed by atoms with Gasteiger partial charge in [-0.2, -0.15) is 0 Å². The fourth-order valence-electron chi connectivity index (χ4n) is 9.41. The summed E-state index contributed by atoms with van der Waals surface area (Å²) in [5, 5.41) is 3.84. The first-order valence-corrected chi connectivity index (χ1v) is 20.2. The van der Waals surface area contributed by atoms with E-state index in [-0.39, 0.29) is 24.1 Å². The van der Waals surface area contributed by atoms with Gasteiger partial charge in [0.05, 0.1) is 12.1 Å². The molecule has 3 N–H and O–H groups in total. The predicted molar refractivity (Wildman–Crippen MR) is 231 cm³/mol. The summed E-state index contributed by atoms with van der Waals surface area (Å²) in [5.74, 6) is 1.61. The quantitative estimate of drug-likeness (QED) is 0.180. The smallest absolute Gasteiger partial charge is 0.132 e. The first kappa shape index (κ1) is 34.4. The van der Waals surface area contributed by atoms with Crippen molar-refractivity contribution in [2.45, 2.75) is 56.3 Å². The van der Waals surface area contributed by atoms with Crippen molar-refractivity contribution in [3.8, 4) is 16.9 Å². The number of nitrogens with two attached hydrogens (primary N) is 1. The fraction of sp³-hybridized carbons (Fsp3) is 0.192. The molecule has 2 aliphatic heterocycles. The minimum Gasteiger partial charge on any atom is -0.484 e. The maximum atomic E-state index is 6.75. The van der Waals surface area contributed by atoms with Gasteiger partial charge in [0.2, 0.25) is 0 Å². The molecule has 56 heavy (non-hydrogen) atoms. The number of allylic oxidation sites excluding steroid dienone is 10. The average Bonchev–Trinajstić information content (AvgIpc) is 3.81. The molecule has 5 atom stereocenters. The monoisotopic (exact) mass is 729 g/mol. The van der Waals surface area contributed by atoms with Crippen molar-refractivity contribution in [1.29, 1.82) is 0 Å². The summed E-state index contributed by atoms with van der Waals surface area (Å²) in [6.45, 7) is 0.712. The Labute approximate surface area is 330 Å². The van der Waals surface area contributed by atoms with Crippen LogP contribution in [0.3, 0.4) is 0 Å². The summed E-state index contributed by atoms with van der Waals surface area (Å²) < 4.78 is 6.51. The zero-order valence-electron chi connectivity index (χ0n) is 31.6. The molecule has 0 radical (unpaired) electrons. The fourth-order valence-corrected chi connectivity index (χ4v) is 9.41. The number of nitrogens with one attached hydrogen (secondary N) is 1. The minimum atomic E-state index is -0.192. The number of anilines is 1. The third-order valence-electron chi connectivity index (χ3n) is 12.2. The van der Waals surface area contributed by atoms with Crippen molar-refractivity contribution in [1.82, 2.24) is 5.32 Å². The van der Waals surface area contributed by atoms with Crippen LogP contribution in [0, 0.1) is 5.92 Å². The summed E-state index contributed by atoms with van der Waals surface area (Å²) in [4.78, 5) is 2.56. The Kier molecular flexibility index (Phi) is 9.13. The zero-order valence-corrected chi connectivity index (χ0v) is 31.6. The summed E-state index contributed by atoms with van der Waals surface area (Å²) in [5.41, 5.74) is 21.8. The third-order valence-corrected chi connectivity index (χ3v) is 12.2. The van der Waals surface area contributed by atoms with E-state index in [2.05, 4.69) is 180 Å². The Morgan fingerprint density at radius 3 is 2.48 bits per heavy atom. The highest BCUT2D eigenvalue weighted by atomic mass is 16.5. The first-order chi connectivity index (χ1) is 27.7. The second kappa shape index (κ2) is 14.9. The summed E-state index contributed by atoms with van der Waals surface area (Å²) in [6.07, 6.45) is 33.8. The van der Waals surface area contributed by atoms with Gasteiger partial charge in [0, 0.05) is 46.6 Å². The molecule has 4 aromatic rings. The molecule has 0 fully saturated rings. The van der Waals surface area contributed by atoms with Crippen molar-refractivity contribution in [3.63, 3.8) is 0 Å². The summed E-state index contributed by atoms with van der Waals surface area (Å²) >= 11 is 0. The number of ether oxygens (including phenoxy) is 1. The van der Waals surface area contributed by atoms with Gasteiger partial charge in [-0.25, -0.2) is 0 Å². The van der Waals surface area contributed by atoms with Crippen molar-refractivity contribution < 1.29 is 4.74 Å². The van der Waals surface area contributed by atoms with Crippen LogP contribution in [-0.2, 0) is 6.54 Å². The lowest BCUT2D eigenvalue weighted by molar-refractivity contribution is 0.270. The lowest BCUT2D eigenvalue weighted by Gasteiger charge is -2.31. The Morgan fingerprint density at radius 1 is 0.786 bits per heavy atom. The van der Waals surface area contributed by atoms with Crippen LogP contribution in [-0.4, -0.2) is 12.1 Å². The number of benzene rings is 4.